The Labute approximate surface area is 134 Å². The van der Waals surface area contributed by atoms with Crippen molar-refractivity contribution in [2.75, 3.05) is 5.75 Å². The van der Waals surface area contributed by atoms with E-state index in [0.717, 1.165) is 0 Å². The third-order valence-corrected chi connectivity index (χ3v) is 4.06. The van der Waals surface area contributed by atoms with Gasteiger partial charge in [-0.05, 0) is 38.9 Å². The third kappa shape index (κ3) is 9.14. The summed E-state index contributed by atoms with van der Waals surface area (Å²) in [6, 6.07) is -0.732. The van der Waals surface area contributed by atoms with Crippen molar-refractivity contribution >= 4 is 23.5 Å². The van der Waals surface area contributed by atoms with Crippen molar-refractivity contribution in [2.24, 2.45) is 5.92 Å². The van der Waals surface area contributed by atoms with Gasteiger partial charge < -0.3 is 10.6 Å². The first-order chi connectivity index (χ1) is 9.44. The molecule has 124 valence electrons. The number of carbonyl (C=O) groups excluding carboxylic acids is 2. The normalized spacial score (nSPS) is 15.1. The molecule has 0 saturated heterocycles. The average Bonchev–Trinajstić information content (AvgIpc) is 2.31. The molecule has 0 bridgehead atoms. The Morgan fingerprint density at radius 2 is 1.57 bits per heavy atom. The van der Waals surface area contributed by atoms with E-state index in [1.54, 1.807) is 18.7 Å². The molecule has 0 heterocycles. The number of thioether (sulfide) groups is 1. The second-order valence-corrected chi connectivity index (χ2v) is 8.74. The van der Waals surface area contributed by atoms with E-state index in [1.807, 2.05) is 34.6 Å². The van der Waals surface area contributed by atoms with Crippen molar-refractivity contribution in [2.45, 2.75) is 78.3 Å². The first-order valence-corrected chi connectivity index (χ1v) is 8.71. The molecule has 0 aliphatic rings. The smallest absolute Gasteiger partial charge is 0.237 e. The van der Waals surface area contributed by atoms with Crippen LogP contribution in [0.5, 0.6) is 0 Å². The van der Waals surface area contributed by atoms with Gasteiger partial charge in [-0.2, -0.15) is 11.8 Å². The summed E-state index contributed by atoms with van der Waals surface area (Å²) in [4.78, 5) is 24.4. The van der Waals surface area contributed by atoms with Gasteiger partial charge in [0.25, 0.3) is 0 Å². The standard InChI is InChI=1S/C16H32N2O2S/c1-10(2)14(18-16(6,7)8)15(20)17-12(5)13(19)9-21-11(3)4/h10-12,14,18H,9H2,1-8H3,(H,17,20). The van der Waals surface area contributed by atoms with E-state index in [-0.39, 0.29) is 29.2 Å². The van der Waals surface area contributed by atoms with Gasteiger partial charge in [0.2, 0.25) is 5.91 Å². The molecule has 2 N–H and O–H groups in total. The fraction of sp³-hybridized carbons (Fsp3) is 0.875. The number of hydrogen-bond acceptors (Lipinski definition) is 4. The zero-order chi connectivity index (χ0) is 16.8. The largest absolute Gasteiger partial charge is 0.345 e. The Morgan fingerprint density at radius 3 is 1.95 bits per heavy atom. The molecular formula is C16H32N2O2S. The lowest BCUT2D eigenvalue weighted by atomic mass is 9.98. The molecule has 0 radical (unpaired) electrons. The highest BCUT2D eigenvalue weighted by Gasteiger charge is 2.28. The molecule has 2 unspecified atom stereocenters. The van der Waals surface area contributed by atoms with Crippen LogP contribution in [0, 0.1) is 5.92 Å². The van der Waals surface area contributed by atoms with Crippen molar-refractivity contribution in [1.29, 1.82) is 0 Å². The van der Waals surface area contributed by atoms with Crippen molar-refractivity contribution in [3.8, 4) is 0 Å². The van der Waals surface area contributed by atoms with Crippen LogP contribution < -0.4 is 10.6 Å². The lowest BCUT2D eigenvalue weighted by Gasteiger charge is -2.31. The lowest BCUT2D eigenvalue weighted by Crippen LogP contribution is -2.56. The number of nitrogens with one attached hydrogen (secondary N) is 2. The molecule has 1 amide bonds. The Balaban J connectivity index is 4.57. The fourth-order valence-electron chi connectivity index (χ4n) is 1.76. The van der Waals surface area contributed by atoms with Gasteiger partial charge in [0.15, 0.2) is 5.78 Å². The Morgan fingerprint density at radius 1 is 1.05 bits per heavy atom. The summed E-state index contributed by atoms with van der Waals surface area (Å²) < 4.78 is 0. The van der Waals surface area contributed by atoms with Crippen LogP contribution in [0.25, 0.3) is 0 Å². The highest BCUT2D eigenvalue weighted by molar-refractivity contribution is 8.00. The van der Waals surface area contributed by atoms with Gasteiger partial charge in [0.1, 0.15) is 0 Å². The van der Waals surface area contributed by atoms with Crippen LogP contribution in [0.2, 0.25) is 0 Å². The Bertz CT molecular complexity index is 349. The summed E-state index contributed by atoms with van der Waals surface area (Å²) in [5.41, 5.74) is -0.146. The van der Waals surface area contributed by atoms with Gasteiger partial charge in [-0.25, -0.2) is 0 Å². The Kier molecular flexibility index (Phi) is 8.56. The second-order valence-electron chi connectivity index (χ2n) is 7.17. The van der Waals surface area contributed by atoms with Gasteiger partial charge >= 0.3 is 0 Å². The molecule has 0 saturated carbocycles. The molecule has 0 aromatic carbocycles. The van der Waals surface area contributed by atoms with Crippen LogP contribution >= 0.6 is 11.8 Å². The predicted octanol–water partition coefficient (Wildman–Crippen LogP) is 2.61. The molecule has 0 rings (SSSR count). The molecule has 0 aromatic rings. The van der Waals surface area contributed by atoms with E-state index < -0.39 is 6.04 Å². The highest BCUT2D eigenvalue weighted by Crippen LogP contribution is 2.11. The molecule has 0 fully saturated rings. The number of Topliss-reactive ketones (excluding diaryl/α,β-unsaturated/α-hetero) is 1. The molecule has 0 spiro atoms. The average molecular weight is 317 g/mol. The maximum atomic E-state index is 12.4. The summed E-state index contributed by atoms with van der Waals surface area (Å²) in [6.45, 7) is 16.0. The Hall–Kier alpha value is -0.550. The summed E-state index contributed by atoms with van der Waals surface area (Å²) in [5.74, 6) is 0.574. The first kappa shape index (κ1) is 20.5. The van der Waals surface area contributed by atoms with E-state index in [0.29, 0.717) is 11.0 Å². The van der Waals surface area contributed by atoms with Crippen molar-refractivity contribution < 1.29 is 9.59 Å². The first-order valence-electron chi connectivity index (χ1n) is 7.66. The van der Waals surface area contributed by atoms with Crippen molar-refractivity contribution in [1.82, 2.24) is 10.6 Å². The number of carbonyl (C=O) groups is 2. The molecule has 2 atom stereocenters. The minimum Gasteiger partial charge on any atom is -0.345 e. The molecule has 21 heavy (non-hydrogen) atoms. The van der Waals surface area contributed by atoms with Gasteiger partial charge in [-0.15, -0.1) is 0 Å². The molecule has 5 heteroatoms. The summed E-state index contributed by atoms with van der Waals surface area (Å²) >= 11 is 1.60. The number of hydrogen-bond donors (Lipinski definition) is 2. The number of ketones is 1. The van der Waals surface area contributed by atoms with E-state index in [9.17, 15) is 9.59 Å². The highest BCUT2D eigenvalue weighted by atomic mass is 32.2. The monoisotopic (exact) mass is 316 g/mol. The molecule has 0 aliphatic heterocycles. The van der Waals surface area contributed by atoms with Crippen LogP contribution in [-0.4, -0.2) is 40.3 Å². The van der Waals surface area contributed by atoms with Crippen molar-refractivity contribution in [3.05, 3.63) is 0 Å². The SMILES string of the molecule is CC(C)SCC(=O)C(C)NC(=O)C(NC(C)(C)C)C(C)C. The second kappa shape index (κ2) is 8.79. The maximum Gasteiger partial charge on any atom is 0.237 e. The zero-order valence-corrected chi connectivity index (χ0v) is 15.6. The lowest BCUT2D eigenvalue weighted by molar-refractivity contribution is -0.128. The van der Waals surface area contributed by atoms with Crippen molar-refractivity contribution in [3.63, 3.8) is 0 Å². The molecule has 0 aliphatic carbocycles. The number of amides is 1. The van der Waals surface area contributed by atoms with Gasteiger partial charge in [-0.3, -0.25) is 9.59 Å². The van der Waals surface area contributed by atoms with Crippen LogP contribution in [-0.2, 0) is 9.59 Å². The van der Waals surface area contributed by atoms with E-state index >= 15 is 0 Å². The minimum atomic E-state index is -0.438. The topological polar surface area (TPSA) is 58.2 Å². The fourth-order valence-corrected chi connectivity index (χ4v) is 2.51. The summed E-state index contributed by atoms with van der Waals surface area (Å²) in [7, 11) is 0. The quantitative estimate of drug-likeness (QED) is 0.723. The van der Waals surface area contributed by atoms with Crippen LogP contribution in [0.4, 0.5) is 0 Å². The molecular weight excluding hydrogens is 284 g/mol. The van der Waals surface area contributed by atoms with Crippen LogP contribution in [0.3, 0.4) is 0 Å². The number of rotatable bonds is 8. The van der Waals surface area contributed by atoms with E-state index in [2.05, 4.69) is 24.5 Å². The van der Waals surface area contributed by atoms with Crippen LogP contribution in [0.15, 0.2) is 0 Å². The van der Waals surface area contributed by atoms with Crippen LogP contribution in [0.1, 0.15) is 55.4 Å². The molecule has 4 nitrogen and oxygen atoms in total. The van der Waals surface area contributed by atoms with Gasteiger partial charge in [-0.1, -0.05) is 27.7 Å². The van der Waals surface area contributed by atoms with Gasteiger partial charge in [0, 0.05) is 5.54 Å². The van der Waals surface area contributed by atoms with E-state index in [4.69, 9.17) is 0 Å². The third-order valence-electron chi connectivity index (χ3n) is 2.94. The minimum absolute atomic E-state index is 0.0697. The molecule has 0 aromatic heterocycles. The van der Waals surface area contributed by atoms with E-state index in [1.165, 1.54) is 0 Å². The summed E-state index contributed by atoms with van der Waals surface area (Å²) in [5, 5.41) is 6.58. The summed E-state index contributed by atoms with van der Waals surface area (Å²) in [6.07, 6.45) is 0. The zero-order valence-electron chi connectivity index (χ0n) is 14.7. The maximum absolute atomic E-state index is 12.4. The predicted molar refractivity (Wildman–Crippen MR) is 91.7 cm³/mol. The van der Waals surface area contributed by atoms with Gasteiger partial charge in [0.05, 0.1) is 17.8 Å².